The minimum atomic E-state index is -0.365. The van der Waals surface area contributed by atoms with Crippen LogP contribution in [-0.4, -0.2) is 19.7 Å². The van der Waals surface area contributed by atoms with E-state index in [1.54, 1.807) is 18.2 Å². The summed E-state index contributed by atoms with van der Waals surface area (Å²) in [5.74, 6) is 0.703. The molecule has 0 amide bonds. The van der Waals surface area contributed by atoms with Gasteiger partial charge in [0, 0.05) is 11.8 Å². The molecule has 1 aromatic carbocycles. The van der Waals surface area contributed by atoms with Crippen molar-refractivity contribution in [2.45, 2.75) is 26.7 Å². The number of nitrogen functional groups attached to an aromatic ring is 1. The molecule has 0 radical (unpaired) electrons. The van der Waals surface area contributed by atoms with Crippen LogP contribution < -0.4 is 10.5 Å². The van der Waals surface area contributed by atoms with Crippen LogP contribution in [-0.2, 0) is 4.74 Å². The molecule has 0 unspecified atom stereocenters. The minimum Gasteiger partial charge on any atom is -0.496 e. The zero-order valence-electron chi connectivity index (χ0n) is 11.2. The number of ether oxygens (including phenoxy) is 2. The first kappa shape index (κ1) is 14.4. The molecule has 100 valence electrons. The molecule has 0 aliphatic carbocycles. The Hall–Kier alpha value is -1.71. The molecule has 1 rings (SSSR count). The summed E-state index contributed by atoms with van der Waals surface area (Å²) in [4.78, 5) is 11.8. The average molecular weight is 251 g/mol. The summed E-state index contributed by atoms with van der Waals surface area (Å²) in [6, 6.07) is 4.90. The van der Waals surface area contributed by atoms with Crippen LogP contribution in [0.25, 0.3) is 0 Å². The number of rotatable bonds is 6. The quantitative estimate of drug-likeness (QED) is 0.480. The Morgan fingerprint density at radius 2 is 2.11 bits per heavy atom. The van der Waals surface area contributed by atoms with Gasteiger partial charge in [-0.25, -0.2) is 4.79 Å². The maximum Gasteiger partial charge on any atom is 0.341 e. The van der Waals surface area contributed by atoms with Crippen LogP contribution in [0.1, 0.15) is 37.0 Å². The standard InChI is InChI=1S/C14H21NO3/c1-10(2)5-4-8-18-14(16)12-7-6-11(15)9-13(12)17-3/h6-7,9-10H,4-5,8,15H2,1-3H3. The summed E-state index contributed by atoms with van der Waals surface area (Å²) in [5.41, 5.74) is 6.60. The molecule has 1 aromatic rings. The van der Waals surface area contributed by atoms with Gasteiger partial charge in [-0.1, -0.05) is 13.8 Å². The van der Waals surface area contributed by atoms with Crippen LogP contribution in [0.15, 0.2) is 18.2 Å². The van der Waals surface area contributed by atoms with Gasteiger partial charge in [-0.2, -0.15) is 0 Å². The lowest BCUT2D eigenvalue weighted by Gasteiger charge is -2.10. The van der Waals surface area contributed by atoms with E-state index in [1.165, 1.54) is 7.11 Å². The van der Waals surface area contributed by atoms with E-state index < -0.39 is 0 Å². The van der Waals surface area contributed by atoms with Crippen LogP contribution >= 0.6 is 0 Å². The van der Waals surface area contributed by atoms with Crippen molar-refractivity contribution >= 4 is 11.7 Å². The van der Waals surface area contributed by atoms with E-state index in [9.17, 15) is 4.79 Å². The number of hydrogen-bond acceptors (Lipinski definition) is 4. The van der Waals surface area contributed by atoms with E-state index in [-0.39, 0.29) is 5.97 Å². The third-order valence-corrected chi connectivity index (χ3v) is 2.60. The van der Waals surface area contributed by atoms with Crippen LogP contribution in [0.3, 0.4) is 0 Å². The summed E-state index contributed by atoms with van der Waals surface area (Å²) < 4.78 is 10.3. The highest BCUT2D eigenvalue weighted by Crippen LogP contribution is 2.22. The molecule has 0 bridgehead atoms. The van der Waals surface area contributed by atoms with E-state index in [0.29, 0.717) is 29.5 Å². The third-order valence-electron chi connectivity index (χ3n) is 2.60. The van der Waals surface area contributed by atoms with Crippen LogP contribution in [0.5, 0.6) is 5.75 Å². The second-order valence-corrected chi connectivity index (χ2v) is 4.63. The topological polar surface area (TPSA) is 61.5 Å². The molecule has 2 N–H and O–H groups in total. The van der Waals surface area contributed by atoms with Crippen molar-refractivity contribution < 1.29 is 14.3 Å². The molecule has 0 saturated heterocycles. The number of methoxy groups -OCH3 is 1. The summed E-state index contributed by atoms with van der Waals surface area (Å²) in [5, 5.41) is 0. The van der Waals surface area contributed by atoms with Crippen molar-refractivity contribution in [3.05, 3.63) is 23.8 Å². The van der Waals surface area contributed by atoms with E-state index in [4.69, 9.17) is 15.2 Å². The highest BCUT2D eigenvalue weighted by atomic mass is 16.5. The van der Waals surface area contributed by atoms with Crippen LogP contribution in [0.2, 0.25) is 0 Å². The molecule has 0 atom stereocenters. The number of anilines is 1. The minimum absolute atomic E-state index is 0.365. The van der Waals surface area contributed by atoms with Gasteiger partial charge in [-0.15, -0.1) is 0 Å². The lowest BCUT2D eigenvalue weighted by Crippen LogP contribution is -2.09. The Bertz CT molecular complexity index is 402. The first-order chi connectivity index (χ1) is 8.54. The SMILES string of the molecule is COc1cc(N)ccc1C(=O)OCCCC(C)C. The molecule has 0 fully saturated rings. The fraction of sp³-hybridized carbons (Fsp3) is 0.500. The monoisotopic (exact) mass is 251 g/mol. The molecular formula is C14H21NO3. The van der Waals surface area contributed by atoms with Gasteiger partial charge in [-0.05, 0) is 30.9 Å². The van der Waals surface area contributed by atoms with E-state index in [0.717, 1.165) is 12.8 Å². The molecule has 0 aliphatic rings. The van der Waals surface area contributed by atoms with E-state index >= 15 is 0 Å². The van der Waals surface area contributed by atoms with E-state index in [2.05, 4.69) is 13.8 Å². The normalized spacial score (nSPS) is 10.4. The molecule has 0 spiro atoms. The van der Waals surface area contributed by atoms with Crippen molar-refractivity contribution in [3.8, 4) is 5.75 Å². The molecule has 0 heterocycles. The number of carbonyl (C=O) groups excluding carboxylic acids is 1. The molecule has 0 aromatic heterocycles. The van der Waals surface area contributed by atoms with Crippen molar-refractivity contribution in [2.24, 2.45) is 5.92 Å². The van der Waals surface area contributed by atoms with Gasteiger partial charge in [0.05, 0.1) is 13.7 Å². The number of nitrogens with two attached hydrogens (primary N) is 1. The largest absolute Gasteiger partial charge is 0.496 e. The second kappa shape index (κ2) is 6.89. The first-order valence-corrected chi connectivity index (χ1v) is 6.15. The summed E-state index contributed by atoms with van der Waals surface area (Å²) in [7, 11) is 1.50. The fourth-order valence-electron chi connectivity index (χ4n) is 1.61. The molecule has 4 nitrogen and oxygen atoms in total. The number of benzene rings is 1. The van der Waals surface area contributed by atoms with Gasteiger partial charge in [0.25, 0.3) is 0 Å². The smallest absolute Gasteiger partial charge is 0.341 e. The number of esters is 1. The lowest BCUT2D eigenvalue weighted by molar-refractivity contribution is 0.0491. The van der Waals surface area contributed by atoms with Crippen molar-refractivity contribution in [2.75, 3.05) is 19.5 Å². The summed E-state index contributed by atoms with van der Waals surface area (Å²) in [6.45, 7) is 4.72. The zero-order chi connectivity index (χ0) is 13.5. The zero-order valence-corrected chi connectivity index (χ0v) is 11.2. The lowest BCUT2D eigenvalue weighted by atomic mass is 10.1. The van der Waals surface area contributed by atoms with Gasteiger partial charge < -0.3 is 15.2 Å². The fourth-order valence-corrected chi connectivity index (χ4v) is 1.61. The van der Waals surface area contributed by atoms with Crippen molar-refractivity contribution in [3.63, 3.8) is 0 Å². The Morgan fingerprint density at radius 1 is 1.39 bits per heavy atom. The van der Waals surface area contributed by atoms with Gasteiger partial charge in [0.15, 0.2) is 0 Å². The molecule has 0 saturated carbocycles. The maximum absolute atomic E-state index is 11.8. The average Bonchev–Trinajstić information content (AvgIpc) is 2.33. The Kier molecular flexibility index (Phi) is 5.49. The predicted molar refractivity (Wildman–Crippen MR) is 71.8 cm³/mol. The van der Waals surface area contributed by atoms with Crippen molar-refractivity contribution in [1.82, 2.24) is 0 Å². The molecule has 0 aliphatic heterocycles. The summed E-state index contributed by atoms with van der Waals surface area (Å²) >= 11 is 0. The highest BCUT2D eigenvalue weighted by Gasteiger charge is 2.13. The van der Waals surface area contributed by atoms with Crippen LogP contribution in [0, 0.1) is 5.92 Å². The highest BCUT2D eigenvalue weighted by molar-refractivity contribution is 5.93. The van der Waals surface area contributed by atoms with Gasteiger partial charge in [0.1, 0.15) is 11.3 Å². The first-order valence-electron chi connectivity index (χ1n) is 6.15. The van der Waals surface area contributed by atoms with Crippen LogP contribution in [0.4, 0.5) is 5.69 Å². The van der Waals surface area contributed by atoms with E-state index in [1.807, 2.05) is 0 Å². The summed E-state index contributed by atoms with van der Waals surface area (Å²) in [6.07, 6.45) is 1.92. The second-order valence-electron chi connectivity index (χ2n) is 4.63. The Morgan fingerprint density at radius 3 is 2.72 bits per heavy atom. The number of carbonyl (C=O) groups is 1. The molecule has 18 heavy (non-hydrogen) atoms. The van der Waals surface area contributed by atoms with Crippen molar-refractivity contribution in [1.29, 1.82) is 0 Å². The molecule has 4 heteroatoms. The molecular weight excluding hydrogens is 230 g/mol. The van der Waals surface area contributed by atoms with Gasteiger partial charge >= 0.3 is 5.97 Å². The van der Waals surface area contributed by atoms with Gasteiger partial charge in [0.2, 0.25) is 0 Å². The number of hydrogen-bond donors (Lipinski definition) is 1. The van der Waals surface area contributed by atoms with Gasteiger partial charge in [-0.3, -0.25) is 0 Å². The third kappa shape index (κ3) is 4.28. The maximum atomic E-state index is 11.8. The predicted octanol–water partition coefficient (Wildman–Crippen LogP) is 2.87. The Balaban J connectivity index is 2.56. The Labute approximate surface area is 108 Å².